The fourth-order valence-electron chi connectivity index (χ4n) is 2.86. The van der Waals surface area contributed by atoms with Crippen LogP contribution in [0.25, 0.3) is 5.69 Å². The van der Waals surface area contributed by atoms with Crippen molar-refractivity contribution in [1.82, 2.24) is 9.99 Å². The maximum Gasteiger partial charge on any atom is 0.271 e. The maximum absolute atomic E-state index is 12.1. The predicted octanol–water partition coefficient (Wildman–Crippen LogP) is 4.93. The molecule has 26 heavy (non-hydrogen) atoms. The Bertz CT molecular complexity index is 971. The first kappa shape index (κ1) is 18.1. The van der Waals surface area contributed by atoms with Gasteiger partial charge in [-0.2, -0.15) is 5.10 Å². The topological polar surface area (TPSA) is 46.4 Å². The van der Waals surface area contributed by atoms with Crippen LogP contribution in [0, 0.1) is 20.8 Å². The highest BCUT2D eigenvalue weighted by molar-refractivity contribution is 9.10. The van der Waals surface area contributed by atoms with Gasteiger partial charge in [0.2, 0.25) is 0 Å². The van der Waals surface area contributed by atoms with E-state index in [1.807, 2.05) is 38.1 Å². The molecule has 0 spiro atoms. The van der Waals surface area contributed by atoms with Crippen molar-refractivity contribution >= 4 is 28.1 Å². The zero-order chi connectivity index (χ0) is 18.7. The lowest BCUT2D eigenvalue weighted by Gasteiger charge is -2.09. The van der Waals surface area contributed by atoms with Crippen molar-refractivity contribution in [2.75, 3.05) is 0 Å². The normalized spacial score (nSPS) is 11.1. The summed E-state index contributed by atoms with van der Waals surface area (Å²) < 4.78 is 3.19. The molecule has 0 aliphatic heterocycles. The van der Waals surface area contributed by atoms with E-state index in [0.29, 0.717) is 5.56 Å². The van der Waals surface area contributed by atoms with Crippen molar-refractivity contribution in [3.05, 3.63) is 87.1 Å². The zero-order valence-corrected chi connectivity index (χ0v) is 16.5. The molecule has 132 valence electrons. The van der Waals surface area contributed by atoms with Crippen LogP contribution in [-0.4, -0.2) is 16.7 Å². The Labute approximate surface area is 161 Å². The number of aryl methyl sites for hydroxylation is 2. The van der Waals surface area contributed by atoms with Crippen LogP contribution >= 0.6 is 15.9 Å². The Balaban J connectivity index is 1.78. The van der Waals surface area contributed by atoms with Gasteiger partial charge in [-0.25, -0.2) is 5.43 Å². The first-order valence-corrected chi connectivity index (χ1v) is 9.10. The molecule has 3 aromatic rings. The molecule has 2 aromatic carbocycles. The Morgan fingerprint density at radius 2 is 1.81 bits per heavy atom. The summed E-state index contributed by atoms with van der Waals surface area (Å²) in [7, 11) is 0. The Hall–Kier alpha value is -2.66. The SMILES string of the molecule is Cc1ccc(C(=O)N/N=C\c2cc(C)n(-c3cccc(Br)c3)c2C)cc1. The molecular formula is C21H20BrN3O. The minimum atomic E-state index is -0.220. The number of aromatic nitrogens is 1. The van der Waals surface area contributed by atoms with Gasteiger partial charge in [-0.05, 0) is 57.2 Å². The smallest absolute Gasteiger partial charge is 0.271 e. The van der Waals surface area contributed by atoms with Gasteiger partial charge in [-0.3, -0.25) is 4.79 Å². The third kappa shape index (κ3) is 3.94. The molecule has 0 atom stereocenters. The number of carbonyl (C=O) groups is 1. The van der Waals surface area contributed by atoms with Gasteiger partial charge in [-0.1, -0.05) is 39.7 Å². The highest BCUT2D eigenvalue weighted by Gasteiger charge is 2.10. The van der Waals surface area contributed by atoms with Crippen LogP contribution in [0.4, 0.5) is 0 Å². The van der Waals surface area contributed by atoms with Crippen molar-refractivity contribution in [1.29, 1.82) is 0 Å². The lowest BCUT2D eigenvalue weighted by molar-refractivity contribution is 0.0955. The van der Waals surface area contributed by atoms with E-state index < -0.39 is 0 Å². The summed E-state index contributed by atoms with van der Waals surface area (Å²) >= 11 is 3.51. The number of rotatable bonds is 4. The molecule has 5 heteroatoms. The highest BCUT2D eigenvalue weighted by Crippen LogP contribution is 2.22. The van der Waals surface area contributed by atoms with Crippen LogP contribution in [0.5, 0.6) is 0 Å². The molecule has 0 saturated heterocycles. The molecule has 1 amide bonds. The number of hydrogen-bond acceptors (Lipinski definition) is 2. The molecule has 1 heterocycles. The number of hydrogen-bond donors (Lipinski definition) is 1. The van der Waals surface area contributed by atoms with E-state index in [4.69, 9.17) is 0 Å². The van der Waals surface area contributed by atoms with Crippen LogP contribution in [0.1, 0.15) is 32.9 Å². The van der Waals surface area contributed by atoms with Gasteiger partial charge < -0.3 is 4.57 Å². The minimum Gasteiger partial charge on any atom is -0.318 e. The third-order valence-corrected chi connectivity index (χ3v) is 4.71. The largest absolute Gasteiger partial charge is 0.318 e. The van der Waals surface area contributed by atoms with Crippen molar-refractivity contribution < 1.29 is 4.79 Å². The molecule has 1 N–H and O–H groups in total. The molecule has 0 fully saturated rings. The van der Waals surface area contributed by atoms with Crippen molar-refractivity contribution in [2.45, 2.75) is 20.8 Å². The number of benzene rings is 2. The van der Waals surface area contributed by atoms with Crippen LogP contribution < -0.4 is 5.43 Å². The second kappa shape index (κ2) is 7.70. The second-order valence-corrected chi connectivity index (χ2v) is 7.12. The molecule has 0 bridgehead atoms. The van der Waals surface area contributed by atoms with Crippen molar-refractivity contribution in [3.63, 3.8) is 0 Å². The second-order valence-electron chi connectivity index (χ2n) is 6.21. The summed E-state index contributed by atoms with van der Waals surface area (Å²) in [5.41, 5.74) is 8.50. The number of nitrogens with zero attached hydrogens (tertiary/aromatic N) is 2. The molecule has 0 saturated carbocycles. The fourth-order valence-corrected chi connectivity index (χ4v) is 3.25. The van der Waals surface area contributed by atoms with Gasteiger partial charge in [-0.15, -0.1) is 0 Å². The molecule has 0 unspecified atom stereocenters. The molecule has 1 aromatic heterocycles. The summed E-state index contributed by atoms with van der Waals surface area (Å²) in [5.74, 6) is -0.220. The number of hydrazone groups is 1. The average Bonchev–Trinajstić information content (AvgIpc) is 2.89. The van der Waals surface area contributed by atoms with E-state index in [0.717, 1.165) is 32.7 Å². The molecule has 4 nitrogen and oxygen atoms in total. The molecule has 0 aliphatic carbocycles. The number of halogens is 1. The van der Waals surface area contributed by atoms with Crippen LogP contribution in [0.15, 0.2) is 64.2 Å². The van der Waals surface area contributed by atoms with E-state index in [1.54, 1.807) is 18.3 Å². The molecule has 0 aliphatic rings. The quantitative estimate of drug-likeness (QED) is 0.481. The molecule has 3 rings (SSSR count). The van der Waals surface area contributed by atoms with Gasteiger partial charge in [0.05, 0.1) is 6.21 Å². The Morgan fingerprint density at radius 1 is 1.08 bits per heavy atom. The van der Waals surface area contributed by atoms with E-state index in [2.05, 4.69) is 56.1 Å². The van der Waals surface area contributed by atoms with E-state index in [-0.39, 0.29) is 5.91 Å². The van der Waals surface area contributed by atoms with Crippen LogP contribution in [0.3, 0.4) is 0 Å². The first-order chi connectivity index (χ1) is 12.5. The standard InChI is InChI=1S/C21H20BrN3O/c1-14-7-9-17(10-8-14)21(26)24-23-13-18-11-15(2)25(16(18)3)20-6-4-5-19(22)12-20/h4-13H,1-3H3,(H,24,26)/b23-13-. The number of amides is 1. The highest BCUT2D eigenvalue weighted by atomic mass is 79.9. The number of nitrogens with one attached hydrogen (secondary N) is 1. The van der Waals surface area contributed by atoms with Gasteiger partial charge >= 0.3 is 0 Å². The first-order valence-electron chi connectivity index (χ1n) is 8.30. The Morgan fingerprint density at radius 3 is 2.50 bits per heavy atom. The van der Waals surface area contributed by atoms with E-state index >= 15 is 0 Å². The summed E-state index contributed by atoms with van der Waals surface area (Å²) in [6.07, 6.45) is 1.68. The molecular weight excluding hydrogens is 390 g/mol. The summed E-state index contributed by atoms with van der Waals surface area (Å²) in [4.78, 5) is 12.1. The molecule has 0 radical (unpaired) electrons. The summed E-state index contributed by atoms with van der Waals surface area (Å²) in [6.45, 7) is 6.08. The monoisotopic (exact) mass is 409 g/mol. The van der Waals surface area contributed by atoms with Gasteiger partial charge in [0.25, 0.3) is 5.91 Å². The van der Waals surface area contributed by atoms with E-state index in [1.165, 1.54) is 0 Å². The van der Waals surface area contributed by atoms with E-state index in [9.17, 15) is 4.79 Å². The Kier molecular flexibility index (Phi) is 5.38. The fraction of sp³-hybridized carbons (Fsp3) is 0.143. The van der Waals surface area contributed by atoms with Gasteiger partial charge in [0.1, 0.15) is 0 Å². The zero-order valence-electron chi connectivity index (χ0n) is 15.0. The summed E-state index contributed by atoms with van der Waals surface area (Å²) in [6, 6.07) is 17.6. The van der Waals surface area contributed by atoms with Crippen molar-refractivity contribution in [3.8, 4) is 5.69 Å². The minimum absolute atomic E-state index is 0.220. The van der Waals surface area contributed by atoms with Crippen LogP contribution in [0.2, 0.25) is 0 Å². The van der Waals surface area contributed by atoms with Crippen LogP contribution in [-0.2, 0) is 0 Å². The van der Waals surface area contributed by atoms with Crippen molar-refractivity contribution in [2.24, 2.45) is 5.10 Å². The lowest BCUT2D eigenvalue weighted by atomic mass is 10.1. The average molecular weight is 410 g/mol. The van der Waals surface area contributed by atoms with Gasteiger partial charge in [0.15, 0.2) is 0 Å². The maximum atomic E-state index is 12.1. The third-order valence-electron chi connectivity index (χ3n) is 4.22. The lowest BCUT2D eigenvalue weighted by Crippen LogP contribution is -2.17. The van der Waals surface area contributed by atoms with Gasteiger partial charge in [0, 0.05) is 32.7 Å². The summed E-state index contributed by atoms with van der Waals surface area (Å²) in [5, 5.41) is 4.12. The predicted molar refractivity (Wildman–Crippen MR) is 109 cm³/mol. The number of carbonyl (C=O) groups excluding carboxylic acids is 1.